The highest BCUT2D eigenvalue weighted by molar-refractivity contribution is 14.1. The molecule has 166 valence electrons. The van der Waals surface area contributed by atoms with E-state index in [9.17, 15) is 18.0 Å². The number of anilines is 3. The summed E-state index contributed by atoms with van der Waals surface area (Å²) in [6, 6.07) is 9.81. The lowest BCUT2D eigenvalue weighted by atomic mass is 10.1. The van der Waals surface area contributed by atoms with E-state index in [-0.39, 0.29) is 5.56 Å². The Labute approximate surface area is 196 Å². The van der Waals surface area contributed by atoms with Crippen LogP contribution in [0.5, 0.6) is 0 Å². The minimum Gasteiger partial charge on any atom is -0.349 e. The van der Waals surface area contributed by atoms with Gasteiger partial charge in [-0.1, -0.05) is 12.1 Å². The first-order valence-corrected chi connectivity index (χ1v) is 10.8. The predicted molar refractivity (Wildman–Crippen MR) is 125 cm³/mol. The molecule has 0 fully saturated rings. The molecule has 3 aromatic rings. The zero-order valence-corrected chi connectivity index (χ0v) is 19.4. The molecule has 10 heteroatoms. The molecule has 1 N–H and O–H groups in total. The van der Waals surface area contributed by atoms with Gasteiger partial charge in [0.1, 0.15) is 5.82 Å². The summed E-state index contributed by atoms with van der Waals surface area (Å²) in [7, 11) is 1.95. The maximum absolute atomic E-state index is 13.0. The molecule has 1 aliphatic rings. The fourth-order valence-corrected chi connectivity index (χ4v) is 3.99. The van der Waals surface area contributed by atoms with Gasteiger partial charge in [-0.15, -0.1) is 0 Å². The highest BCUT2D eigenvalue weighted by Gasteiger charge is 2.31. The molecule has 2 aromatic carbocycles. The van der Waals surface area contributed by atoms with E-state index in [1.54, 1.807) is 12.3 Å². The highest BCUT2D eigenvalue weighted by Crippen LogP contribution is 2.32. The molecule has 0 unspecified atom stereocenters. The van der Waals surface area contributed by atoms with E-state index in [0.717, 1.165) is 34.8 Å². The van der Waals surface area contributed by atoms with Gasteiger partial charge in [0.05, 0.1) is 12.2 Å². The van der Waals surface area contributed by atoms with Crippen LogP contribution in [0.3, 0.4) is 0 Å². The number of hydrogen-bond acceptors (Lipinski definition) is 5. The van der Waals surface area contributed by atoms with Gasteiger partial charge in [0.2, 0.25) is 0 Å². The van der Waals surface area contributed by atoms with Crippen LogP contribution in [0.4, 0.5) is 30.4 Å². The fourth-order valence-electron chi connectivity index (χ4n) is 3.63. The van der Waals surface area contributed by atoms with Crippen LogP contribution in [0.1, 0.15) is 27.0 Å². The third-order valence-corrected chi connectivity index (χ3v) is 5.70. The Bertz CT molecular complexity index is 1180. The average Bonchev–Trinajstić information content (AvgIpc) is 2.75. The first-order chi connectivity index (χ1) is 15.1. The number of hydrogen-bond donors (Lipinski definition) is 1. The van der Waals surface area contributed by atoms with Crippen molar-refractivity contribution in [3.63, 3.8) is 0 Å². The molecule has 0 bridgehead atoms. The molecule has 0 saturated carbocycles. The van der Waals surface area contributed by atoms with Gasteiger partial charge in [0.15, 0.2) is 3.83 Å². The van der Waals surface area contributed by atoms with E-state index in [1.165, 1.54) is 12.1 Å². The van der Waals surface area contributed by atoms with Gasteiger partial charge in [-0.3, -0.25) is 4.79 Å². The molecule has 1 aliphatic heterocycles. The molecule has 0 aliphatic carbocycles. The summed E-state index contributed by atoms with van der Waals surface area (Å²) < 4.78 is 39.6. The second-order valence-electron chi connectivity index (χ2n) is 7.56. The van der Waals surface area contributed by atoms with Crippen LogP contribution in [-0.2, 0) is 12.7 Å². The molecule has 1 aromatic heterocycles. The quantitative estimate of drug-likeness (QED) is 0.363. The summed E-state index contributed by atoms with van der Waals surface area (Å²) in [5.74, 6) is 0.280. The molecule has 2 heterocycles. The van der Waals surface area contributed by atoms with Gasteiger partial charge in [0.25, 0.3) is 5.91 Å². The predicted octanol–water partition coefficient (Wildman–Crippen LogP) is 5.07. The fraction of sp³-hybridized carbons (Fsp3) is 0.227. The number of carbonyl (C=O) groups excluding carboxylic acids is 1. The molecule has 6 nitrogen and oxygen atoms in total. The van der Waals surface area contributed by atoms with E-state index in [0.29, 0.717) is 22.7 Å². The summed E-state index contributed by atoms with van der Waals surface area (Å²) in [4.78, 5) is 25.5. The number of rotatable bonds is 3. The standard InChI is InChI=1S/C22H19F3IN5O/c1-13-6-7-17(28-20(32)14-4-3-5-16(8-14)22(23,24)25)9-18(13)31-11-15-10-27-21(26)29-19(15)30(2)12-31/h3-10H,11-12H2,1-2H3,(H,28,32). The van der Waals surface area contributed by atoms with Crippen molar-refractivity contribution in [2.75, 3.05) is 28.8 Å². The van der Waals surface area contributed by atoms with Crippen LogP contribution in [0.25, 0.3) is 0 Å². The Morgan fingerprint density at radius 2 is 1.97 bits per heavy atom. The van der Waals surface area contributed by atoms with E-state index >= 15 is 0 Å². The van der Waals surface area contributed by atoms with Crippen molar-refractivity contribution in [2.45, 2.75) is 19.6 Å². The minimum absolute atomic E-state index is 0.0552. The second kappa shape index (κ2) is 8.57. The Hall–Kier alpha value is -2.89. The molecule has 1 amide bonds. The topological polar surface area (TPSA) is 61.4 Å². The van der Waals surface area contributed by atoms with Crippen LogP contribution in [0.2, 0.25) is 0 Å². The largest absolute Gasteiger partial charge is 0.416 e. The first kappa shape index (κ1) is 22.3. The lowest BCUT2D eigenvalue weighted by Crippen LogP contribution is -2.41. The van der Waals surface area contributed by atoms with E-state index < -0.39 is 17.6 Å². The number of nitrogens with zero attached hydrogens (tertiary/aromatic N) is 4. The third-order valence-electron chi connectivity index (χ3n) is 5.18. The van der Waals surface area contributed by atoms with Crippen molar-refractivity contribution in [3.05, 3.63) is 74.7 Å². The van der Waals surface area contributed by atoms with Crippen molar-refractivity contribution in [1.82, 2.24) is 9.97 Å². The number of nitrogens with one attached hydrogen (secondary N) is 1. The molecule has 32 heavy (non-hydrogen) atoms. The van der Waals surface area contributed by atoms with Crippen LogP contribution in [-0.4, -0.2) is 29.6 Å². The van der Waals surface area contributed by atoms with E-state index in [2.05, 4.69) is 42.8 Å². The Balaban J connectivity index is 1.57. The van der Waals surface area contributed by atoms with Gasteiger partial charge in [-0.25, -0.2) is 9.97 Å². The van der Waals surface area contributed by atoms with Crippen LogP contribution >= 0.6 is 22.6 Å². The van der Waals surface area contributed by atoms with Crippen LogP contribution in [0, 0.1) is 10.8 Å². The van der Waals surface area contributed by atoms with Gasteiger partial charge in [-0.2, -0.15) is 13.2 Å². The molecular formula is C22H19F3IN5O. The number of amides is 1. The highest BCUT2D eigenvalue weighted by atomic mass is 127. The molecule has 0 spiro atoms. The van der Waals surface area contributed by atoms with E-state index in [4.69, 9.17) is 0 Å². The molecule has 0 atom stereocenters. The van der Waals surface area contributed by atoms with Gasteiger partial charge in [-0.05, 0) is 42.8 Å². The number of aromatic nitrogens is 2. The second-order valence-corrected chi connectivity index (χ2v) is 8.52. The number of halogens is 4. The van der Waals surface area contributed by atoms with Crippen molar-refractivity contribution >= 4 is 45.7 Å². The lowest BCUT2D eigenvalue weighted by molar-refractivity contribution is -0.137. The summed E-state index contributed by atoms with van der Waals surface area (Å²) in [5, 5.41) is 2.71. The monoisotopic (exact) mass is 553 g/mol. The number of fused-ring (bicyclic) bond motifs is 1. The molecule has 0 saturated heterocycles. The van der Waals surface area contributed by atoms with Crippen LogP contribution < -0.4 is 15.1 Å². The normalized spacial score (nSPS) is 13.7. The Morgan fingerprint density at radius 3 is 2.72 bits per heavy atom. The number of alkyl halides is 3. The minimum atomic E-state index is -4.51. The zero-order valence-electron chi connectivity index (χ0n) is 17.2. The molecule has 4 rings (SSSR count). The van der Waals surface area contributed by atoms with Gasteiger partial charge >= 0.3 is 6.18 Å². The summed E-state index contributed by atoms with van der Waals surface area (Å²) in [6.07, 6.45) is -2.70. The molecular weight excluding hydrogens is 534 g/mol. The first-order valence-electron chi connectivity index (χ1n) is 9.68. The van der Waals surface area contributed by atoms with Gasteiger partial charge < -0.3 is 15.1 Å². The summed E-state index contributed by atoms with van der Waals surface area (Å²) >= 11 is 2.08. The lowest BCUT2D eigenvalue weighted by Gasteiger charge is -2.37. The van der Waals surface area contributed by atoms with Crippen LogP contribution in [0.15, 0.2) is 48.7 Å². The summed E-state index contributed by atoms with van der Waals surface area (Å²) in [6.45, 7) is 3.15. The van der Waals surface area contributed by atoms with Crippen molar-refractivity contribution in [2.24, 2.45) is 0 Å². The maximum Gasteiger partial charge on any atom is 0.416 e. The maximum atomic E-state index is 13.0. The Morgan fingerprint density at radius 1 is 1.19 bits per heavy atom. The van der Waals surface area contributed by atoms with Crippen molar-refractivity contribution in [1.29, 1.82) is 0 Å². The van der Waals surface area contributed by atoms with Crippen molar-refractivity contribution < 1.29 is 18.0 Å². The van der Waals surface area contributed by atoms with E-state index in [1.807, 2.05) is 31.0 Å². The smallest absolute Gasteiger partial charge is 0.349 e. The number of aryl methyl sites for hydroxylation is 1. The number of carbonyl (C=O) groups is 1. The third kappa shape index (κ3) is 4.64. The zero-order chi connectivity index (χ0) is 23.0. The molecule has 0 radical (unpaired) electrons. The van der Waals surface area contributed by atoms with Gasteiger partial charge in [0, 0.05) is 64.9 Å². The summed E-state index contributed by atoms with van der Waals surface area (Å²) in [5.41, 5.74) is 2.48. The van der Waals surface area contributed by atoms with Crippen molar-refractivity contribution in [3.8, 4) is 0 Å². The Kier molecular flexibility index (Phi) is 5.97. The average molecular weight is 553 g/mol. The number of benzene rings is 2. The SMILES string of the molecule is Cc1ccc(NC(=O)c2cccc(C(F)(F)F)c2)cc1N1Cc2cnc(I)nc2N(C)C1.